The number of carbonyl (C=O) groups excluding carboxylic acids is 3. The molecule has 10 heteroatoms. The van der Waals surface area contributed by atoms with Gasteiger partial charge in [-0.2, -0.15) is 0 Å². The van der Waals surface area contributed by atoms with E-state index in [-0.39, 0.29) is 30.8 Å². The third kappa shape index (κ3) is 17.9. The van der Waals surface area contributed by atoms with Crippen molar-refractivity contribution in [2.75, 3.05) is 6.61 Å². The van der Waals surface area contributed by atoms with Crippen molar-refractivity contribution in [1.29, 1.82) is 0 Å². The van der Waals surface area contributed by atoms with Crippen LogP contribution in [0.5, 0.6) is 0 Å². The Morgan fingerprint density at radius 3 is 1.41 bits per heavy atom. The number of aliphatic carboxylic acids is 1. The van der Waals surface area contributed by atoms with E-state index in [0.29, 0.717) is 11.1 Å². The highest BCUT2D eigenvalue weighted by atomic mass is 16.7. The van der Waals surface area contributed by atoms with E-state index >= 15 is 0 Å². The number of rotatable bonds is 14. The monoisotopic (exact) mass is 776 g/mol. The fourth-order valence-corrected chi connectivity index (χ4v) is 7.00. The molecule has 0 heterocycles. The first-order valence-electron chi connectivity index (χ1n) is 20.5. The van der Waals surface area contributed by atoms with Gasteiger partial charge in [0.05, 0.1) is 11.5 Å². The molecule has 6 aliphatic rings. The van der Waals surface area contributed by atoms with Crippen LogP contribution in [0, 0.1) is 0 Å². The zero-order valence-corrected chi connectivity index (χ0v) is 33.8. The number of carboxylic acid groups (broad SMARTS) is 1. The van der Waals surface area contributed by atoms with Gasteiger partial charge in [0.1, 0.15) is 12.2 Å². The molecule has 2 fully saturated rings. The van der Waals surface area contributed by atoms with Crippen LogP contribution in [0.1, 0.15) is 142 Å². The molecule has 0 spiro atoms. The second kappa shape index (κ2) is 25.5. The van der Waals surface area contributed by atoms with Crippen molar-refractivity contribution in [3.05, 3.63) is 95.6 Å². The molecular weight excluding hydrogens is 712 g/mol. The first kappa shape index (κ1) is 45.8. The maximum Gasteiger partial charge on any atom is 0.333 e. The van der Waals surface area contributed by atoms with Crippen molar-refractivity contribution in [2.45, 2.75) is 161 Å². The average Bonchev–Trinajstić information content (AvgIpc) is 4.02. The number of carboxylic acids is 1. The molecule has 0 atom stereocenters. The number of esters is 3. The molecule has 6 rings (SSSR count). The zero-order chi connectivity index (χ0) is 40.7. The van der Waals surface area contributed by atoms with E-state index in [1.54, 1.807) is 13.8 Å². The quantitative estimate of drug-likeness (QED) is 0.0786. The van der Waals surface area contributed by atoms with Gasteiger partial charge in [-0.15, -0.1) is 0 Å². The summed E-state index contributed by atoms with van der Waals surface area (Å²) >= 11 is 0. The van der Waals surface area contributed by atoms with Gasteiger partial charge >= 0.3 is 23.9 Å². The molecule has 1 N–H and O–H groups in total. The van der Waals surface area contributed by atoms with Crippen LogP contribution in [0.3, 0.4) is 0 Å². The molecule has 308 valence electrons. The zero-order valence-electron chi connectivity index (χ0n) is 33.8. The summed E-state index contributed by atoms with van der Waals surface area (Å²) in [5.74, 6) is 0.0916. The van der Waals surface area contributed by atoms with Crippen molar-refractivity contribution in [3.8, 4) is 0 Å². The highest BCUT2D eigenvalue weighted by molar-refractivity contribution is 5.87. The number of carbonyl (C=O) groups is 4. The molecular formula is C46H64O10. The molecule has 0 aromatic rings. The minimum Gasteiger partial charge on any atom is -0.478 e. The first-order chi connectivity index (χ1) is 26.9. The van der Waals surface area contributed by atoms with Gasteiger partial charge in [-0.3, -0.25) is 0 Å². The molecule has 2 saturated carbocycles. The lowest BCUT2D eigenvalue weighted by Crippen LogP contribution is -2.24. The van der Waals surface area contributed by atoms with Gasteiger partial charge in [-0.25, -0.2) is 19.2 Å². The minimum absolute atomic E-state index is 0.0829. The summed E-state index contributed by atoms with van der Waals surface area (Å²) in [7, 11) is 0. The predicted molar refractivity (Wildman–Crippen MR) is 217 cm³/mol. The standard InChI is InChI=1S/C15H20O4.C13H16O2.2C9H14O2/c1-2-14(16)17-11-15(18-12-7-3-4-8-12)19-13-9-5-6-10-13;14-13(15)9-12(10-5-1-2-6-10)11-7-3-4-8-11;2*1-7(2)9(10)11-8-5-3-4-6-8/h2,7,9,15H,1,3-6,8,10-11H2;5,7,9H,1-4,6,8H2,(H,14,15);2*8H,1,3-6H2,2H3. The molecule has 0 aliphatic heterocycles. The largest absolute Gasteiger partial charge is 0.478 e. The Morgan fingerprint density at radius 1 is 0.679 bits per heavy atom. The van der Waals surface area contributed by atoms with Crippen molar-refractivity contribution in [2.24, 2.45) is 0 Å². The number of hydrogen-bond acceptors (Lipinski definition) is 9. The Hall–Kier alpha value is -4.60. The van der Waals surface area contributed by atoms with Crippen LogP contribution >= 0.6 is 0 Å². The Balaban J connectivity index is 0.000000206. The lowest BCUT2D eigenvalue weighted by molar-refractivity contribution is -0.158. The van der Waals surface area contributed by atoms with Crippen molar-refractivity contribution < 1.29 is 48.0 Å². The normalized spacial score (nSPS) is 18.6. The molecule has 0 unspecified atom stereocenters. The number of hydrogen-bond donors (Lipinski definition) is 1. The van der Waals surface area contributed by atoms with Crippen molar-refractivity contribution in [3.63, 3.8) is 0 Å². The molecule has 0 saturated heterocycles. The maximum absolute atomic E-state index is 11.1. The van der Waals surface area contributed by atoms with Gasteiger partial charge in [-0.05, 0) is 158 Å². The third-order valence-corrected chi connectivity index (χ3v) is 9.98. The van der Waals surface area contributed by atoms with Crippen LogP contribution in [0.2, 0.25) is 0 Å². The molecule has 0 radical (unpaired) electrons. The Morgan fingerprint density at radius 2 is 1.09 bits per heavy atom. The molecule has 0 aromatic carbocycles. The molecule has 0 amide bonds. The van der Waals surface area contributed by atoms with Crippen LogP contribution < -0.4 is 0 Å². The lowest BCUT2D eigenvalue weighted by Gasteiger charge is -2.21. The lowest BCUT2D eigenvalue weighted by atomic mass is 9.96. The van der Waals surface area contributed by atoms with Crippen molar-refractivity contribution >= 4 is 23.9 Å². The number of allylic oxidation sites excluding steroid dienone is 9. The van der Waals surface area contributed by atoms with Crippen LogP contribution in [0.25, 0.3) is 0 Å². The Kier molecular flexibility index (Phi) is 20.9. The number of ether oxygens (including phenoxy) is 5. The van der Waals surface area contributed by atoms with Gasteiger partial charge < -0.3 is 28.8 Å². The molecule has 56 heavy (non-hydrogen) atoms. The van der Waals surface area contributed by atoms with Gasteiger partial charge in [0, 0.05) is 36.1 Å². The minimum atomic E-state index is -0.828. The SMILES string of the molecule is C=C(C)C(=O)OC1CCCC1.C=C(C)C(=O)OC1CCCC1.C=CC(=O)OCC(OC1=CCCC1)OC1=CCCC1.O=C(O)C=C(C1=CCCC1)C1=CCCC1. The van der Waals surface area contributed by atoms with E-state index < -0.39 is 18.2 Å². The molecule has 10 nitrogen and oxygen atoms in total. The molecule has 0 bridgehead atoms. The second-order valence-corrected chi connectivity index (χ2v) is 14.9. The summed E-state index contributed by atoms with van der Waals surface area (Å²) < 4.78 is 26.8. The van der Waals surface area contributed by atoms with Gasteiger partial charge in [-0.1, -0.05) is 31.9 Å². The van der Waals surface area contributed by atoms with E-state index in [1.165, 1.54) is 55.7 Å². The Labute approximate surface area is 334 Å². The van der Waals surface area contributed by atoms with Crippen molar-refractivity contribution in [1.82, 2.24) is 0 Å². The molecule has 6 aliphatic carbocycles. The van der Waals surface area contributed by atoms with E-state index in [1.807, 2.05) is 0 Å². The summed E-state index contributed by atoms with van der Waals surface area (Å²) in [6.07, 6.45) is 32.4. The van der Waals surface area contributed by atoms with Gasteiger partial charge in [0.15, 0.2) is 6.61 Å². The fraction of sp³-hybridized carbons (Fsp3) is 0.565. The third-order valence-electron chi connectivity index (χ3n) is 9.98. The van der Waals surface area contributed by atoms with Gasteiger partial charge in [0.2, 0.25) is 0 Å². The highest BCUT2D eigenvalue weighted by Crippen LogP contribution is 2.34. The van der Waals surface area contributed by atoms with E-state index in [9.17, 15) is 19.2 Å². The average molecular weight is 777 g/mol. The van der Waals surface area contributed by atoms with E-state index in [4.69, 9.17) is 28.8 Å². The summed E-state index contributed by atoms with van der Waals surface area (Å²) in [6.45, 7) is 13.8. The summed E-state index contributed by atoms with van der Waals surface area (Å²) in [4.78, 5) is 43.9. The van der Waals surface area contributed by atoms with Crippen LogP contribution in [0.4, 0.5) is 0 Å². The predicted octanol–water partition coefficient (Wildman–Crippen LogP) is 10.5. The second-order valence-electron chi connectivity index (χ2n) is 14.9. The molecule has 0 aromatic heterocycles. The van der Waals surface area contributed by atoms with Crippen LogP contribution in [-0.4, -0.2) is 54.1 Å². The van der Waals surface area contributed by atoms with E-state index in [0.717, 1.165) is 113 Å². The summed E-state index contributed by atoms with van der Waals surface area (Å²) in [5, 5.41) is 8.87. The summed E-state index contributed by atoms with van der Waals surface area (Å²) in [5.41, 5.74) is 4.46. The fourth-order valence-electron chi connectivity index (χ4n) is 7.00. The van der Waals surface area contributed by atoms with Crippen LogP contribution in [0.15, 0.2) is 95.6 Å². The van der Waals surface area contributed by atoms with Crippen LogP contribution in [-0.2, 0) is 42.9 Å². The van der Waals surface area contributed by atoms with E-state index in [2.05, 4.69) is 44.0 Å². The first-order valence-corrected chi connectivity index (χ1v) is 20.5. The maximum atomic E-state index is 11.1. The smallest absolute Gasteiger partial charge is 0.333 e. The topological polar surface area (TPSA) is 135 Å². The summed E-state index contributed by atoms with van der Waals surface area (Å²) in [6, 6.07) is 0. The van der Waals surface area contributed by atoms with Gasteiger partial charge in [0.25, 0.3) is 6.29 Å². The Bertz CT molecular complexity index is 1440. The highest BCUT2D eigenvalue weighted by Gasteiger charge is 2.22.